The third-order valence-electron chi connectivity index (χ3n) is 7.49. The van der Waals surface area contributed by atoms with E-state index < -0.39 is 47.1 Å². The van der Waals surface area contributed by atoms with Crippen LogP contribution in [0.2, 0.25) is 0 Å². The Bertz CT molecular complexity index is 1220. The Morgan fingerprint density at radius 3 is 1.98 bits per heavy atom. The summed E-state index contributed by atoms with van der Waals surface area (Å²) >= 11 is 0. The predicted octanol–water partition coefficient (Wildman–Crippen LogP) is 1.31. The van der Waals surface area contributed by atoms with Crippen LogP contribution >= 0.6 is 0 Å². The third kappa shape index (κ3) is 7.38. The van der Waals surface area contributed by atoms with Gasteiger partial charge in [0.15, 0.2) is 5.60 Å². The first-order valence-electron chi connectivity index (χ1n) is 14.2. The van der Waals surface area contributed by atoms with E-state index in [0.29, 0.717) is 24.1 Å². The van der Waals surface area contributed by atoms with Crippen LogP contribution in [0.15, 0.2) is 60.7 Å². The maximum absolute atomic E-state index is 13.8. The van der Waals surface area contributed by atoms with Gasteiger partial charge in [0.25, 0.3) is 11.8 Å². The lowest BCUT2D eigenvalue weighted by atomic mass is 9.85. The number of Topliss-reactive ketones (excluding diaryl/α,β-unsaturated/α-hetero) is 1. The summed E-state index contributed by atoms with van der Waals surface area (Å²) in [6.45, 7) is 4.21. The van der Waals surface area contributed by atoms with Gasteiger partial charge >= 0.3 is 0 Å². The smallest absolute Gasteiger partial charge is 0.289 e. The molecule has 4 rings (SSSR count). The third-order valence-corrected chi connectivity index (χ3v) is 7.49. The average Bonchev–Trinajstić information content (AvgIpc) is 3.70. The van der Waals surface area contributed by atoms with E-state index in [9.17, 15) is 29.1 Å². The molecule has 5 N–H and O–H groups in total. The molecule has 1 aliphatic heterocycles. The molecule has 1 saturated heterocycles. The summed E-state index contributed by atoms with van der Waals surface area (Å²) in [5.41, 5.74) is -1.45. The molecule has 0 unspecified atom stereocenters. The molecule has 1 saturated carbocycles. The summed E-state index contributed by atoms with van der Waals surface area (Å²) in [7, 11) is 0. The van der Waals surface area contributed by atoms with Gasteiger partial charge in [0.1, 0.15) is 6.04 Å². The van der Waals surface area contributed by atoms with Gasteiger partial charge in [-0.05, 0) is 49.1 Å². The Hall–Kier alpha value is -4.05. The fraction of sp³-hybridized carbons (Fsp3) is 0.452. The topological polar surface area (TPSA) is 154 Å². The van der Waals surface area contributed by atoms with E-state index >= 15 is 0 Å². The number of nitrogens with one attached hydrogen (secondary N) is 4. The first kappa shape index (κ1) is 29.9. The van der Waals surface area contributed by atoms with Crippen molar-refractivity contribution in [2.24, 2.45) is 11.8 Å². The Morgan fingerprint density at radius 1 is 0.902 bits per heavy atom. The standard InChI is InChI=1S/C31H38N4O6/c1-19(2)17-25(35-30(40)31(41,21-9-5-3-6-10-21)22-11-7-4-8-12-22)28(38)34-24(18-20-15-16-32-27(20)37)26(36)29(39)33-23-13-14-23/h3-12,19-20,23-25,41H,13-18H2,1-2H3,(H,32,37)(H,33,39)(H,34,38)(H,35,40)/t20-,24+,25-/m0/s1. The second-order valence-corrected chi connectivity index (χ2v) is 11.3. The monoisotopic (exact) mass is 562 g/mol. The number of rotatable bonds is 13. The molecule has 1 aliphatic carbocycles. The molecule has 0 spiro atoms. The number of aliphatic hydroxyl groups is 1. The van der Waals surface area contributed by atoms with Gasteiger partial charge in [-0.25, -0.2) is 0 Å². The highest BCUT2D eigenvalue weighted by atomic mass is 16.3. The number of carbonyl (C=O) groups excluding carboxylic acids is 5. The fourth-order valence-electron chi connectivity index (χ4n) is 5.05. The molecule has 0 bridgehead atoms. The number of carbonyl (C=O) groups is 5. The average molecular weight is 563 g/mol. The Kier molecular flexibility index (Phi) is 9.54. The molecule has 10 heteroatoms. The second kappa shape index (κ2) is 13.1. The van der Waals surface area contributed by atoms with Crippen LogP contribution in [-0.4, -0.2) is 59.2 Å². The number of amides is 4. The van der Waals surface area contributed by atoms with Gasteiger partial charge in [-0.2, -0.15) is 0 Å². The summed E-state index contributed by atoms with van der Waals surface area (Å²) < 4.78 is 0. The minimum atomic E-state index is -2.10. The molecular weight excluding hydrogens is 524 g/mol. The Labute approximate surface area is 239 Å². The van der Waals surface area contributed by atoms with E-state index in [1.54, 1.807) is 60.7 Å². The van der Waals surface area contributed by atoms with Gasteiger partial charge in [0.05, 0.1) is 6.04 Å². The number of benzene rings is 2. The first-order chi connectivity index (χ1) is 19.6. The molecular formula is C31H38N4O6. The molecule has 218 valence electrons. The van der Waals surface area contributed by atoms with Gasteiger partial charge in [0, 0.05) is 18.5 Å². The van der Waals surface area contributed by atoms with Crippen molar-refractivity contribution >= 4 is 29.4 Å². The number of ketones is 1. The van der Waals surface area contributed by atoms with Crippen molar-refractivity contribution in [3.05, 3.63) is 71.8 Å². The van der Waals surface area contributed by atoms with E-state index in [0.717, 1.165) is 12.8 Å². The van der Waals surface area contributed by atoms with Crippen molar-refractivity contribution in [2.75, 3.05) is 6.54 Å². The maximum atomic E-state index is 13.8. The molecule has 0 radical (unpaired) electrons. The number of hydrogen-bond acceptors (Lipinski definition) is 6. The first-order valence-corrected chi connectivity index (χ1v) is 14.2. The normalized spacial score (nSPS) is 18.2. The molecule has 0 aromatic heterocycles. The summed E-state index contributed by atoms with van der Waals surface area (Å²) in [5, 5.41) is 22.6. The second-order valence-electron chi connectivity index (χ2n) is 11.3. The Balaban J connectivity index is 1.58. The fourth-order valence-corrected chi connectivity index (χ4v) is 5.05. The van der Waals surface area contributed by atoms with E-state index in [2.05, 4.69) is 21.3 Å². The van der Waals surface area contributed by atoms with Crippen molar-refractivity contribution in [3.8, 4) is 0 Å². The lowest BCUT2D eigenvalue weighted by Crippen LogP contribution is -2.57. The lowest BCUT2D eigenvalue weighted by Gasteiger charge is -2.31. The molecule has 1 heterocycles. The van der Waals surface area contributed by atoms with Crippen molar-refractivity contribution in [3.63, 3.8) is 0 Å². The Morgan fingerprint density at radius 2 is 1.49 bits per heavy atom. The van der Waals surface area contributed by atoms with Crippen LogP contribution in [0.1, 0.15) is 57.1 Å². The van der Waals surface area contributed by atoms with E-state index in [4.69, 9.17) is 0 Å². The van der Waals surface area contributed by atoms with Crippen molar-refractivity contribution in [1.29, 1.82) is 0 Å². The quantitative estimate of drug-likeness (QED) is 0.232. The van der Waals surface area contributed by atoms with Crippen LogP contribution in [0.5, 0.6) is 0 Å². The lowest BCUT2D eigenvalue weighted by molar-refractivity contribution is -0.142. The summed E-state index contributed by atoms with van der Waals surface area (Å²) in [4.78, 5) is 65.5. The molecule has 4 amide bonds. The van der Waals surface area contributed by atoms with Gasteiger partial charge in [0.2, 0.25) is 17.6 Å². The van der Waals surface area contributed by atoms with Crippen LogP contribution in [0.25, 0.3) is 0 Å². The van der Waals surface area contributed by atoms with Gasteiger partial charge in [-0.3, -0.25) is 24.0 Å². The molecule has 41 heavy (non-hydrogen) atoms. The summed E-state index contributed by atoms with van der Waals surface area (Å²) in [6, 6.07) is 14.4. The number of hydrogen-bond donors (Lipinski definition) is 5. The van der Waals surface area contributed by atoms with Crippen LogP contribution in [0.3, 0.4) is 0 Å². The van der Waals surface area contributed by atoms with Crippen molar-refractivity contribution in [1.82, 2.24) is 21.3 Å². The molecule has 2 aromatic rings. The van der Waals surface area contributed by atoms with Crippen LogP contribution in [-0.2, 0) is 29.6 Å². The molecule has 10 nitrogen and oxygen atoms in total. The van der Waals surface area contributed by atoms with Gasteiger partial charge < -0.3 is 26.4 Å². The van der Waals surface area contributed by atoms with Crippen molar-refractivity contribution < 1.29 is 29.1 Å². The van der Waals surface area contributed by atoms with Crippen LogP contribution in [0.4, 0.5) is 0 Å². The highest BCUT2D eigenvalue weighted by Gasteiger charge is 2.42. The zero-order valence-electron chi connectivity index (χ0n) is 23.4. The highest BCUT2D eigenvalue weighted by molar-refractivity contribution is 6.38. The van der Waals surface area contributed by atoms with Crippen LogP contribution < -0.4 is 21.3 Å². The molecule has 2 fully saturated rings. The summed E-state index contributed by atoms with van der Waals surface area (Å²) in [6.07, 6.45) is 2.23. The zero-order valence-corrected chi connectivity index (χ0v) is 23.4. The molecule has 2 aromatic carbocycles. The van der Waals surface area contributed by atoms with Crippen molar-refractivity contribution in [2.45, 2.75) is 69.7 Å². The van der Waals surface area contributed by atoms with Gasteiger partial charge in [-0.1, -0.05) is 74.5 Å². The van der Waals surface area contributed by atoms with Gasteiger partial charge in [-0.15, -0.1) is 0 Å². The van der Waals surface area contributed by atoms with Crippen LogP contribution in [0, 0.1) is 11.8 Å². The zero-order chi connectivity index (χ0) is 29.6. The SMILES string of the molecule is CC(C)C[C@H](NC(=O)C(O)(c1ccccc1)c1ccccc1)C(=O)N[C@H](C[C@@H]1CCNC1=O)C(=O)C(=O)NC1CC1. The minimum absolute atomic E-state index is 0.0329. The van der Waals surface area contributed by atoms with E-state index in [-0.39, 0.29) is 30.7 Å². The van der Waals surface area contributed by atoms with E-state index in [1.807, 2.05) is 13.8 Å². The highest BCUT2D eigenvalue weighted by Crippen LogP contribution is 2.30. The largest absolute Gasteiger partial charge is 0.372 e. The maximum Gasteiger partial charge on any atom is 0.289 e. The summed E-state index contributed by atoms with van der Waals surface area (Å²) in [5.74, 6) is -3.92. The predicted molar refractivity (Wildman–Crippen MR) is 151 cm³/mol. The van der Waals surface area contributed by atoms with E-state index in [1.165, 1.54) is 0 Å². The minimum Gasteiger partial charge on any atom is -0.372 e. The molecule has 3 atom stereocenters. The molecule has 2 aliphatic rings.